The molecule has 0 saturated heterocycles. The van der Waals surface area contributed by atoms with E-state index in [1.165, 1.54) is 0 Å². The van der Waals surface area contributed by atoms with Crippen molar-refractivity contribution in [2.45, 2.75) is 18.1 Å². The van der Waals surface area contributed by atoms with Crippen molar-refractivity contribution in [1.82, 2.24) is 5.32 Å². The summed E-state index contributed by atoms with van der Waals surface area (Å²) in [5, 5.41) is 23.5. The molecular weight excluding hydrogens is 466 g/mol. The van der Waals surface area contributed by atoms with Crippen LogP contribution >= 0.6 is 0 Å². The molecule has 4 aromatic carbocycles. The van der Waals surface area contributed by atoms with Crippen LogP contribution in [-0.4, -0.2) is 41.3 Å². The van der Waals surface area contributed by atoms with Crippen LogP contribution in [0.25, 0.3) is 11.1 Å². The molecule has 6 heteroatoms. The van der Waals surface area contributed by atoms with E-state index in [0.29, 0.717) is 16.7 Å². The lowest BCUT2D eigenvalue weighted by molar-refractivity contribution is 0.0185. The number of carbonyl (C=O) groups excluding carboxylic acids is 2. The van der Waals surface area contributed by atoms with Crippen molar-refractivity contribution in [3.05, 3.63) is 131 Å². The molecule has 1 aliphatic carbocycles. The Balaban J connectivity index is 1.14. The second kappa shape index (κ2) is 10.8. The van der Waals surface area contributed by atoms with E-state index in [1.54, 1.807) is 48.5 Å². The first-order valence-electron chi connectivity index (χ1n) is 12.2. The molecular formula is C31H27NO5. The Bertz CT molecular complexity index is 1360. The van der Waals surface area contributed by atoms with E-state index in [4.69, 9.17) is 4.74 Å². The summed E-state index contributed by atoms with van der Waals surface area (Å²) in [7, 11) is 0. The topological polar surface area (TPSA) is 95.9 Å². The van der Waals surface area contributed by atoms with Gasteiger partial charge in [-0.25, -0.2) is 4.79 Å². The highest BCUT2D eigenvalue weighted by molar-refractivity contribution is 6.08. The van der Waals surface area contributed by atoms with Crippen LogP contribution < -0.4 is 5.32 Å². The van der Waals surface area contributed by atoms with Crippen molar-refractivity contribution < 1.29 is 24.5 Å². The first-order valence-corrected chi connectivity index (χ1v) is 12.2. The van der Waals surface area contributed by atoms with Crippen molar-refractivity contribution >= 4 is 11.9 Å². The van der Waals surface area contributed by atoms with Gasteiger partial charge in [0.05, 0.1) is 0 Å². The number of hydrogen-bond acceptors (Lipinski definition) is 5. The van der Waals surface area contributed by atoms with Gasteiger partial charge in [-0.3, -0.25) is 4.79 Å². The Morgan fingerprint density at radius 3 is 1.89 bits per heavy atom. The van der Waals surface area contributed by atoms with Crippen LogP contribution in [0.2, 0.25) is 0 Å². The summed E-state index contributed by atoms with van der Waals surface area (Å²) in [4.78, 5) is 24.9. The molecule has 0 aliphatic heterocycles. The lowest BCUT2D eigenvalue weighted by Crippen LogP contribution is -2.36. The number of fused-ring (bicyclic) bond motifs is 3. The smallest absolute Gasteiger partial charge is 0.407 e. The standard InChI is InChI=1S/C31H27NO5/c33-28(30(35)22-16-14-21(15-17-22)29(34)20-8-2-1-3-9-20)18-32-31(36)37-19-27-25-12-6-4-10-23(25)24-11-5-7-13-26(24)27/h1-17,27-28,30,33,35H,18-19H2,(H,32,36). The molecule has 186 valence electrons. The summed E-state index contributed by atoms with van der Waals surface area (Å²) >= 11 is 0. The molecule has 1 amide bonds. The molecule has 0 bridgehead atoms. The van der Waals surface area contributed by atoms with Gasteiger partial charge in [0.25, 0.3) is 0 Å². The number of ether oxygens (including phenoxy) is 1. The third-order valence-electron chi connectivity index (χ3n) is 6.71. The summed E-state index contributed by atoms with van der Waals surface area (Å²) < 4.78 is 5.48. The molecule has 6 nitrogen and oxygen atoms in total. The second-order valence-corrected chi connectivity index (χ2v) is 9.04. The Labute approximate surface area is 215 Å². The van der Waals surface area contributed by atoms with Crippen LogP contribution in [0.4, 0.5) is 4.79 Å². The molecule has 0 aromatic heterocycles. The van der Waals surface area contributed by atoms with Gasteiger partial charge in [0.15, 0.2) is 5.78 Å². The lowest BCUT2D eigenvalue weighted by Gasteiger charge is -2.19. The maximum atomic E-state index is 12.6. The molecule has 0 radical (unpaired) electrons. The normalized spacial score (nSPS) is 13.8. The van der Waals surface area contributed by atoms with Gasteiger partial charge in [-0.05, 0) is 27.8 Å². The fraction of sp³-hybridized carbons (Fsp3) is 0.161. The van der Waals surface area contributed by atoms with Gasteiger partial charge < -0.3 is 20.3 Å². The molecule has 0 fully saturated rings. The van der Waals surface area contributed by atoms with E-state index in [0.717, 1.165) is 22.3 Å². The predicted molar refractivity (Wildman–Crippen MR) is 140 cm³/mol. The fourth-order valence-electron chi connectivity index (χ4n) is 4.76. The summed E-state index contributed by atoms with van der Waals surface area (Å²) in [5.74, 6) is -0.190. The van der Waals surface area contributed by atoms with Crippen LogP contribution in [0, 0.1) is 0 Å². The molecule has 5 rings (SSSR count). The highest BCUT2D eigenvalue weighted by Gasteiger charge is 2.29. The van der Waals surface area contributed by atoms with Crippen molar-refractivity contribution in [1.29, 1.82) is 0 Å². The third-order valence-corrected chi connectivity index (χ3v) is 6.71. The number of carbonyl (C=O) groups is 2. The Kier molecular flexibility index (Phi) is 7.12. The van der Waals surface area contributed by atoms with Crippen LogP contribution in [-0.2, 0) is 4.74 Å². The van der Waals surface area contributed by atoms with Crippen molar-refractivity contribution in [2.75, 3.05) is 13.2 Å². The zero-order chi connectivity index (χ0) is 25.8. The highest BCUT2D eigenvalue weighted by atomic mass is 16.5. The van der Waals surface area contributed by atoms with Gasteiger partial charge in [0.2, 0.25) is 0 Å². The number of nitrogens with one attached hydrogen (secondary N) is 1. The molecule has 0 heterocycles. The number of aliphatic hydroxyl groups excluding tert-OH is 2. The first-order chi connectivity index (χ1) is 18.0. The zero-order valence-electron chi connectivity index (χ0n) is 20.1. The maximum Gasteiger partial charge on any atom is 0.407 e. The summed E-state index contributed by atoms with van der Waals surface area (Å²) in [5.41, 5.74) is 5.99. The SMILES string of the molecule is O=C(NCC(O)C(O)c1ccc(C(=O)c2ccccc2)cc1)OCC1c2ccccc2-c2ccccc21. The largest absolute Gasteiger partial charge is 0.449 e. The number of benzene rings is 4. The van der Waals surface area contributed by atoms with Gasteiger partial charge in [-0.1, -0.05) is 103 Å². The number of aliphatic hydroxyl groups is 2. The minimum Gasteiger partial charge on any atom is -0.449 e. The number of amides is 1. The van der Waals surface area contributed by atoms with Gasteiger partial charge in [0, 0.05) is 23.6 Å². The maximum absolute atomic E-state index is 12.6. The van der Waals surface area contributed by atoms with Crippen LogP contribution in [0.3, 0.4) is 0 Å². The van der Waals surface area contributed by atoms with Crippen LogP contribution in [0.5, 0.6) is 0 Å². The second-order valence-electron chi connectivity index (χ2n) is 9.04. The molecule has 2 atom stereocenters. The van der Waals surface area contributed by atoms with Gasteiger partial charge in [-0.2, -0.15) is 0 Å². The zero-order valence-corrected chi connectivity index (χ0v) is 20.1. The van der Waals surface area contributed by atoms with E-state index in [-0.39, 0.29) is 24.9 Å². The van der Waals surface area contributed by atoms with Crippen LogP contribution in [0.1, 0.15) is 44.6 Å². The monoisotopic (exact) mass is 493 g/mol. The number of rotatable bonds is 8. The minimum absolute atomic E-state index is 0.0641. The highest BCUT2D eigenvalue weighted by Crippen LogP contribution is 2.44. The number of ketones is 1. The summed E-state index contributed by atoms with van der Waals surface area (Å²) in [6.07, 6.45) is -3.16. The Hall–Kier alpha value is -4.26. The predicted octanol–water partition coefficient (Wildman–Crippen LogP) is 4.85. The molecule has 3 N–H and O–H groups in total. The molecule has 4 aromatic rings. The lowest BCUT2D eigenvalue weighted by atomic mass is 9.98. The molecule has 1 aliphatic rings. The summed E-state index contributed by atoms with van der Waals surface area (Å²) in [6, 6.07) is 31.5. The van der Waals surface area contributed by atoms with E-state index in [1.807, 2.05) is 42.5 Å². The van der Waals surface area contributed by atoms with E-state index in [9.17, 15) is 19.8 Å². The van der Waals surface area contributed by atoms with Gasteiger partial charge in [-0.15, -0.1) is 0 Å². The first kappa shape index (κ1) is 24.4. The third kappa shape index (κ3) is 5.16. The van der Waals surface area contributed by atoms with Crippen molar-refractivity contribution in [2.24, 2.45) is 0 Å². The van der Waals surface area contributed by atoms with E-state index in [2.05, 4.69) is 17.4 Å². The van der Waals surface area contributed by atoms with Crippen molar-refractivity contribution in [3.63, 3.8) is 0 Å². The minimum atomic E-state index is -1.25. The Morgan fingerprint density at radius 1 is 0.730 bits per heavy atom. The number of alkyl carbamates (subject to hydrolysis) is 1. The van der Waals surface area contributed by atoms with Crippen molar-refractivity contribution in [3.8, 4) is 11.1 Å². The molecule has 0 saturated carbocycles. The quantitative estimate of drug-likeness (QED) is 0.305. The van der Waals surface area contributed by atoms with Gasteiger partial charge >= 0.3 is 6.09 Å². The molecule has 37 heavy (non-hydrogen) atoms. The molecule has 0 spiro atoms. The Morgan fingerprint density at radius 2 is 1.27 bits per heavy atom. The fourth-order valence-corrected chi connectivity index (χ4v) is 4.76. The van der Waals surface area contributed by atoms with Gasteiger partial charge in [0.1, 0.15) is 18.8 Å². The summed E-state index contributed by atoms with van der Waals surface area (Å²) in [6.45, 7) is -0.0298. The van der Waals surface area contributed by atoms with E-state index >= 15 is 0 Å². The average molecular weight is 494 g/mol. The van der Waals surface area contributed by atoms with E-state index < -0.39 is 18.3 Å². The average Bonchev–Trinajstić information content (AvgIpc) is 3.28. The number of hydrogen-bond donors (Lipinski definition) is 3. The van der Waals surface area contributed by atoms with Crippen LogP contribution in [0.15, 0.2) is 103 Å². The molecule has 2 unspecified atom stereocenters.